The number of aromatic nitrogens is 2. The summed E-state index contributed by atoms with van der Waals surface area (Å²) in [6.45, 7) is 7.55. The lowest BCUT2D eigenvalue weighted by atomic mass is 10.3. The Morgan fingerprint density at radius 2 is 2.12 bits per heavy atom. The van der Waals surface area contributed by atoms with Gasteiger partial charge in [-0.25, -0.2) is 14.8 Å². The molecular formula is C11H17N3O2. The molecule has 0 radical (unpaired) electrons. The van der Waals surface area contributed by atoms with Gasteiger partial charge in [-0.1, -0.05) is 6.92 Å². The smallest absolute Gasteiger partial charge is 0.374 e. The van der Waals surface area contributed by atoms with Gasteiger partial charge < -0.3 is 10.0 Å². The second-order valence-electron chi connectivity index (χ2n) is 3.58. The van der Waals surface area contributed by atoms with Gasteiger partial charge in [-0.2, -0.15) is 0 Å². The van der Waals surface area contributed by atoms with E-state index in [4.69, 9.17) is 5.11 Å². The number of hydrogen-bond acceptors (Lipinski definition) is 4. The van der Waals surface area contributed by atoms with Gasteiger partial charge in [0.2, 0.25) is 5.82 Å². The third-order valence-electron chi connectivity index (χ3n) is 2.23. The maximum Gasteiger partial charge on any atom is 0.374 e. The summed E-state index contributed by atoms with van der Waals surface area (Å²) >= 11 is 0. The number of carboxylic acids is 1. The minimum Gasteiger partial charge on any atom is -0.475 e. The molecule has 0 spiro atoms. The molecule has 16 heavy (non-hydrogen) atoms. The lowest BCUT2D eigenvalue weighted by molar-refractivity contribution is 0.0683. The molecule has 0 bridgehead atoms. The molecule has 1 heterocycles. The number of rotatable bonds is 5. The Bertz CT molecular complexity index is 379. The number of hydrogen-bond donors (Lipinski definition) is 1. The molecule has 0 aliphatic heterocycles. The van der Waals surface area contributed by atoms with Gasteiger partial charge in [0.05, 0.1) is 0 Å². The van der Waals surface area contributed by atoms with E-state index < -0.39 is 5.97 Å². The van der Waals surface area contributed by atoms with Crippen molar-refractivity contribution in [2.24, 2.45) is 0 Å². The topological polar surface area (TPSA) is 66.3 Å². The van der Waals surface area contributed by atoms with E-state index in [0.29, 0.717) is 11.5 Å². The Kier molecular flexibility index (Phi) is 4.22. The molecule has 88 valence electrons. The van der Waals surface area contributed by atoms with Crippen molar-refractivity contribution in [3.8, 4) is 0 Å². The van der Waals surface area contributed by atoms with Crippen LogP contribution in [0.4, 0.5) is 5.82 Å². The highest BCUT2D eigenvalue weighted by molar-refractivity contribution is 5.83. The van der Waals surface area contributed by atoms with E-state index in [2.05, 4.69) is 16.9 Å². The predicted octanol–water partition coefficient (Wildman–Crippen LogP) is 1.72. The highest BCUT2D eigenvalue weighted by Crippen LogP contribution is 2.12. The van der Waals surface area contributed by atoms with Crippen molar-refractivity contribution < 1.29 is 9.90 Å². The van der Waals surface area contributed by atoms with Crippen LogP contribution in [0.2, 0.25) is 0 Å². The first-order chi connectivity index (χ1) is 7.58. The first-order valence-corrected chi connectivity index (χ1v) is 5.42. The van der Waals surface area contributed by atoms with Crippen LogP contribution in [0.1, 0.15) is 36.6 Å². The van der Waals surface area contributed by atoms with E-state index in [0.717, 1.165) is 19.5 Å². The van der Waals surface area contributed by atoms with Crippen LogP contribution in [0.3, 0.4) is 0 Å². The Hall–Kier alpha value is -1.65. The summed E-state index contributed by atoms with van der Waals surface area (Å²) in [6, 6.07) is 1.81. The normalized spacial score (nSPS) is 10.2. The second kappa shape index (κ2) is 5.44. The number of aromatic carboxylic acids is 1. The molecule has 1 rings (SSSR count). The summed E-state index contributed by atoms with van der Waals surface area (Å²) in [6.07, 6.45) is 0.999. The zero-order chi connectivity index (χ0) is 12.1. The summed E-state index contributed by atoms with van der Waals surface area (Å²) in [5.74, 6) is -0.531. The van der Waals surface area contributed by atoms with E-state index in [1.165, 1.54) is 0 Å². The Balaban J connectivity index is 3.07. The molecule has 0 atom stereocenters. The van der Waals surface area contributed by atoms with Crippen molar-refractivity contribution in [1.82, 2.24) is 9.97 Å². The minimum atomic E-state index is -1.09. The van der Waals surface area contributed by atoms with E-state index >= 15 is 0 Å². The first-order valence-electron chi connectivity index (χ1n) is 5.42. The molecule has 0 aliphatic carbocycles. The average molecular weight is 223 g/mol. The summed E-state index contributed by atoms with van der Waals surface area (Å²) in [7, 11) is 0. The van der Waals surface area contributed by atoms with Gasteiger partial charge in [0.25, 0.3) is 0 Å². The zero-order valence-electron chi connectivity index (χ0n) is 9.90. The van der Waals surface area contributed by atoms with E-state index in [1.54, 1.807) is 6.92 Å². The largest absolute Gasteiger partial charge is 0.475 e. The fraction of sp³-hybridized carbons (Fsp3) is 0.545. The Morgan fingerprint density at radius 1 is 1.44 bits per heavy atom. The molecule has 5 heteroatoms. The number of nitrogens with zero attached hydrogens (tertiary/aromatic N) is 3. The Labute approximate surface area is 95.1 Å². The summed E-state index contributed by atoms with van der Waals surface area (Å²) in [5.41, 5.74) is 0.678. The number of carbonyl (C=O) groups is 1. The van der Waals surface area contributed by atoms with Gasteiger partial charge in [-0.15, -0.1) is 0 Å². The van der Waals surface area contributed by atoms with Crippen LogP contribution in [0.15, 0.2) is 6.07 Å². The predicted molar refractivity (Wildman–Crippen MR) is 61.9 cm³/mol. The lowest BCUT2D eigenvalue weighted by Gasteiger charge is -2.21. The molecule has 0 aliphatic rings. The maximum absolute atomic E-state index is 10.8. The summed E-state index contributed by atoms with van der Waals surface area (Å²) in [5, 5.41) is 8.87. The number of aryl methyl sites for hydroxylation is 1. The molecule has 0 aromatic carbocycles. The third-order valence-corrected chi connectivity index (χ3v) is 2.23. The SMILES string of the molecule is CCCN(CC)c1cc(C)nc(C(=O)O)n1. The minimum absolute atomic E-state index is 0.135. The molecule has 0 saturated heterocycles. The quantitative estimate of drug-likeness (QED) is 0.823. The van der Waals surface area contributed by atoms with Gasteiger partial charge >= 0.3 is 5.97 Å². The average Bonchev–Trinajstić information content (AvgIpc) is 2.24. The van der Waals surface area contributed by atoms with Gasteiger partial charge in [-0.3, -0.25) is 0 Å². The molecule has 0 saturated carbocycles. The van der Waals surface area contributed by atoms with Crippen LogP contribution in [-0.2, 0) is 0 Å². The highest BCUT2D eigenvalue weighted by atomic mass is 16.4. The van der Waals surface area contributed by atoms with Crippen LogP contribution >= 0.6 is 0 Å². The van der Waals surface area contributed by atoms with Crippen LogP contribution < -0.4 is 4.90 Å². The van der Waals surface area contributed by atoms with Gasteiger partial charge in [-0.05, 0) is 20.3 Å². The second-order valence-corrected chi connectivity index (χ2v) is 3.58. The molecule has 1 aromatic rings. The van der Waals surface area contributed by atoms with Crippen molar-refractivity contribution in [2.45, 2.75) is 27.2 Å². The first kappa shape index (κ1) is 12.4. The number of carboxylic acid groups (broad SMARTS) is 1. The van der Waals surface area contributed by atoms with Crippen molar-refractivity contribution in [3.05, 3.63) is 17.6 Å². The van der Waals surface area contributed by atoms with Crippen molar-refractivity contribution >= 4 is 11.8 Å². The van der Waals surface area contributed by atoms with Crippen LogP contribution in [0.25, 0.3) is 0 Å². The van der Waals surface area contributed by atoms with Crippen LogP contribution in [0, 0.1) is 6.92 Å². The molecule has 0 fully saturated rings. The summed E-state index contributed by atoms with van der Waals surface area (Å²) in [4.78, 5) is 20.8. The van der Waals surface area contributed by atoms with Crippen molar-refractivity contribution in [1.29, 1.82) is 0 Å². The molecule has 1 N–H and O–H groups in total. The van der Waals surface area contributed by atoms with Crippen molar-refractivity contribution in [2.75, 3.05) is 18.0 Å². The Morgan fingerprint density at radius 3 is 2.62 bits per heavy atom. The monoisotopic (exact) mass is 223 g/mol. The number of anilines is 1. The maximum atomic E-state index is 10.8. The summed E-state index contributed by atoms with van der Waals surface area (Å²) < 4.78 is 0. The standard InChI is InChI=1S/C11H17N3O2/c1-4-6-14(5-2)9-7-8(3)12-10(13-9)11(15)16/h7H,4-6H2,1-3H3,(H,15,16). The lowest BCUT2D eigenvalue weighted by Crippen LogP contribution is -2.25. The van der Waals surface area contributed by atoms with E-state index in [9.17, 15) is 4.79 Å². The molecule has 0 amide bonds. The van der Waals surface area contributed by atoms with E-state index in [1.807, 2.05) is 17.9 Å². The molecule has 5 nitrogen and oxygen atoms in total. The fourth-order valence-corrected chi connectivity index (χ4v) is 1.51. The molecule has 0 unspecified atom stereocenters. The molecule has 1 aromatic heterocycles. The van der Waals surface area contributed by atoms with Crippen LogP contribution in [-0.4, -0.2) is 34.1 Å². The fourth-order valence-electron chi connectivity index (χ4n) is 1.51. The van der Waals surface area contributed by atoms with Crippen molar-refractivity contribution in [3.63, 3.8) is 0 Å². The third kappa shape index (κ3) is 2.92. The van der Waals surface area contributed by atoms with E-state index in [-0.39, 0.29) is 5.82 Å². The van der Waals surface area contributed by atoms with Gasteiger partial charge in [0.15, 0.2) is 0 Å². The van der Waals surface area contributed by atoms with Crippen LogP contribution in [0.5, 0.6) is 0 Å². The van der Waals surface area contributed by atoms with Gasteiger partial charge in [0.1, 0.15) is 5.82 Å². The highest BCUT2D eigenvalue weighted by Gasteiger charge is 2.12. The molecular weight excluding hydrogens is 206 g/mol. The van der Waals surface area contributed by atoms with Gasteiger partial charge in [0, 0.05) is 24.8 Å². The zero-order valence-corrected chi connectivity index (χ0v) is 9.90.